The molecule has 24 heavy (non-hydrogen) atoms. The van der Waals surface area contributed by atoms with Crippen molar-refractivity contribution in [2.75, 3.05) is 0 Å². The van der Waals surface area contributed by atoms with E-state index in [1.807, 2.05) is 0 Å². The fourth-order valence-corrected chi connectivity index (χ4v) is 3.00. The zero-order valence-corrected chi connectivity index (χ0v) is 13.3. The van der Waals surface area contributed by atoms with Crippen molar-refractivity contribution in [2.24, 2.45) is 0 Å². The third kappa shape index (κ3) is 4.86. The Morgan fingerprint density at radius 2 is 1.25 bits per heavy atom. The van der Waals surface area contributed by atoms with Crippen molar-refractivity contribution >= 4 is 19.4 Å². The molecule has 2 aromatic carbocycles. The van der Waals surface area contributed by atoms with Crippen LogP contribution in [-0.4, -0.2) is 5.52 Å². The summed E-state index contributed by atoms with van der Waals surface area (Å²) < 4.78 is 78.0. The van der Waals surface area contributed by atoms with Crippen LogP contribution in [-0.2, 0) is 12.4 Å². The van der Waals surface area contributed by atoms with Gasteiger partial charge in [0.25, 0.3) is 0 Å². The number of carbonyl (C=O) groups excluding carboxylic acids is 1. The second-order valence-corrected chi connectivity index (χ2v) is 5.83. The molecule has 1 atom stereocenters. The van der Waals surface area contributed by atoms with Crippen LogP contribution in [0.2, 0.25) is 0 Å². The summed E-state index contributed by atoms with van der Waals surface area (Å²) >= 11 is 0. The predicted molar refractivity (Wildman–Crippen MR) is 76.3 cm³/mol. The van der Waals surface area contributed by atoms with E-state index < -0.39 is 43.1 Å². The molecule has 0 fully saturated rings. The van der Waals surface area contributed by atoms with Crippen molar-refractivity contribution in [3.8, 4) is 0 Å². The standard InChI is InChI=1S/C15H9F6OP.Li.H/c16-14(17,18)10-7-4-8-11(15(19,20)21)12(10)13(22)23-9-5-2-1-3-6-9;;/h1-8,23H;;/q;+1;-1. The maximum absolute atomic E-state index is 13.0. The molecule has 1 nitrogen and oxygen atoms in total. The number of carbonyl (C=O) groups is 1. The summed E-state index contributed by atoms with van der Waals surface area (Å²) in [7, 11) is -0.832. The van der Waals surface area contributed by atoms with E-state index >= 15 is 0 Å². The van der Waals surface area contributed by atoms with Crippen LogP contribution in [0.3, 0.4) is 0 Å². The zero-order chi connectivity index (χ0) is 17.3. The van der Waals surface area contributed by atoms with Crippen molar-refractivity contribution < 1.29 is 51.4 Å². The molecule has 0 radical (unpaired) electrons. The Bertz CT molecular complexity index is 686. The summed E-state index contributed by atoms with van der Waals surface area (Å²) in [5.74, 6) is 0. The van der Waals surface area contributed by atoms with E-state index in [0.717, 1.165) is 0 Å². The summed E-state index contributed by atoms with van der Waals surface area (Å²) in [6, 6.07) is 9.29. The van der Waals surface area contributed by atoms with Crippen LogP contribution in [0.5, 0.6) is 0 Å². The molecule has 0 aliphatic heterocycles. The van der Waals surface area contributed by atoms with Gasteiger partial charge in [0.05, 0.1) is 11.1 Å². The topological polar surface area (TPSA) is 17.1 Å². The summed E-state index contributed by atoms with van der Waals surface area (Å²) in [6.45, 7) is 0. The molecule has 9 heteroatoms. The monoisotopic (exact) mass is 358 g/mol. The van der Waals surface area contributed by atoms with Gasteiger partial charge in [-0.1, -0.05) is 36.4 Å². The molecule has 0 heterocycles. The molecule has 2 rings (SSSR count). The molecule has 0 saturated heterocycles. The largest absolute Gasteiger partial charge is 1.00 e. The summed E-state index contributed by atoms with van der Waals surface area (Å²) in [6.07, 6.45) is -10.1. The van der Waals surface area contributed by atoms with Crippen LogP contribution in [0.25, 0.3) is 0 Å². The Morgan fingerprint density at radius 3 is 1.67 bits per heavy atom. The molecule has 2 aromatic rings. The maximum Gasteiger partial charge on any atom is 1.00 e. The molecule has 0 amide bonds. The Labute approximate surface area is 148 Å². The average Bonchev–Trinajstić information content (AvgIpc) is 2.45. The average molecular weight is 358 g/mol. The summed E-state index contributed by atoms with van der Waals surface area (Å²) in [5, 5.41) is 0.364. The van der Waals surface area contributed by atoms with Gasteiger partial charge in [-0.3, -0.25) is 4.79 Å². The first-order valence-corrected chi connectivity index (χ1v) is 7.24. The fraction of sp³-hybridized carbons (Fsp3) is 0.133. The van der Waals surface area contributed by atoms with Crippen LogP contribution in [0, 0.1) is 0 Å². The number of hydrogen-bond donors (Lipinski definition) is 0. The first-order chi connectivity index (χ1) is 10.6. The molecule has 0 spiro atoms. The van der Waals surface area contributed by atoms with Gasteiger partial charge in [-0.2, -0.15) is 26.3 Å². The minimum absolute atomic E-state index is 0. The summed E-state index contributed by atoms with van der Waals surface area (Å²) in [4.78, 5) is 12.2. The number of rotatable bonds is 3. The third-order valence-electron chi connectivity index (χ3n) is 2.93. The normalized spacial score (nSPS) is 12.2. The smallest absolute Gasteiger partial charge is 1.00 e. The Hall–Kier alpha value is -1.28. The molecular weight excluding hydrogens is 348 g/mol. The SMILES string of the molecule is O=C(Pc1ccccc1)c1c(C(F)(F)F)cccc1C(F)(F)F.[H-].[Li+]. The Morgan fingerprint density at radius 1 is 0.792 bits per heavy atom. The molecule has 0 aromatic heterocycles. The Kier molecular flexibility index (Phi) is 6.69. The second-order valence-electron chi connectivity index (χ2n) is 4.54. The quantitative estimate of drug-likeness (QED) is 0.466. The van der Waals surface area contributed by atoms with Crippen molar-refractivity contribution in [2.45, 2.75) is 12.4 Å². The van der Waals surface area contributed by atoms with Gasteiger partial charge in [0.1, 0.15) is 0 Å². The van der Waals surface area contributed by atoms with Crippen LogP contribution in [0.1, 0.15) is 22.9 Å². The van der Waals surface area contributed by atoms with E-state index in [-0.39, 0.29) is 20.3 Å². The van der Waals surface area contributed by atoms with Gasteiger partial charge in [0.2, 0.25) is 0 Å². The van der Waals surface area contributed by atoms with Gasteiger partial charge in [-0.15, -0.1) is 0 Å². The molecule has 0 N–H and O–H groups in total. The van der Waals surface area contributed by atoms with E-state index in [9.17, 15) is 31.1 Å². The molecule has 0 bridgehead atoms. The number of benzene rings is 2. The third-order valence-corrected chi connectivity index (χ3v) is 4.03. The molecule has 1 unspecified atom stereocenters. The first-order valence-electron chi connectivity index (χ1n) is 6.24. The van der Waals surface area contributed by atoms with Gasteiger partial charge >= 0.3 is 31.2 Å². The second kappa shape index (κ2) is 7.73. The van der Waals surface area contributed by atoms with Crippen LogP contribution < -0.4 is 24.2 Å². The van der Waals surface area contributed by atoms with Crippen molar-refractivity contribution in [3.63, 3.8) is 0 Å². The fourth-order valence-electron chi connectivity index (χ4n) is 1.98. The van der Waals surface area contributed by atoms with E-state index in [2.05, 4.69) is 0 Å². The molecular formula is C15H10F6LiOP. The van der Waals surface area contributed by atoms with E-state index in [4.69, 9.17) is 0 Å². The zero-order valence-electron chi connectivity index (χ0n) is 13.3. The number of hydrogen-bond acceptors (Lipinski definition) is 1. The van der Waals surface area contributed by atoms with Crippen molar-refractivity contribution in [3.05, 3.63) is 65.2 Å². The minimum atomic E-state index is -5.05. The van der Waals surface area contributed by atoms with Gasteiger partial charge in [0, 0.05) is 5.56 Å². The number of halogens is 6. The molecule has 0 saturated carbocycles. The van der Waals surface area contributed by atoms with E-state index in [0.29, 0.717) is 23.5 Å². The van der Waals surface area contributed by atoms with Crippen LogP contribution in [0.15, 0.2) is 48.5 Å². The first kappa shape index (κ1) is 20.8. The van der Waals surface area contributed by atoms with Crippen molar-refractivity contribution in [1.29, 1.82) is 0 Å². The Balaban J connectivity index is 0.00000288. The van der Waals surface area contributed by atoms with Gasteiger partial charge in [-0.25, -0.2) is 0 Å². The molecule has 124 valence electrons. The maximum atomic E-state index is 13.0. The van der Waals surface area contributed by atoms with Crippen LogP contribution >= 0.6 is 8.58 Å². The van der Waals surface area contributed by atoms with Crippen molar-refractivity contribution in [1.82, 2.24) is 0 Å². The predicted octanol–water partition coefficient (Wildman–Crippen LogP) is 1.98. The van der Waals surface area contributed by atoms with E-state index in [1.54, 1.807) is 18.2 Å². The van der Waals surface area contributed by atoms with Gasteiger partial charge < -0.3 is 1.43 Å². The van der Waals surface area contributed by atoms with Gasteiger partial charge in [-0.05, 0) is 26.0 Å². The van der Waals surface area contributed by atoms with Crippen LogP contribution in [0.4, 0.5) is 26.3 Å². The number of alkyl halides is 6. The summed E-state index contributed by atoms with van der Waals surface area (Å²) in [5.41, 5.74) is -5.66. The molecule has 0 aliphatic rings. The minimum Gasteiger partial charge on any atom is -1.00 e. The van der Waals surface area contributed by atoms with E-state index in [1.165, 1.54) is 12.1 Å². The molecule has 0 aliphatic carbocycles. The van der Waals surface area contributed by atoms with Gasteiger partial charge in [0.15, 0.2) is 5.52 Å².